The Hall–Kier alpha value is -3.66. The lowest BCUT2D eigenvalue weighted by Gasteiger charge is -2.36. The first kappa shape index (κ1) is 28.4. The molecular weight excluding hydrogens is 496 g/mol. The maximum absolute atomic E-state index is 13.2. The molecule has 210 valence electrons. The Balaban J connectivity index is 1.29. The molecule has 39 heavy (non-hydrogen) atoms. The van der Waals surface area contributed by atoms with E-state index in [0.29, 0.717) is 69.3 Å². The summed E-state index contributed by atoms with van der Waals surface area (Å²) in [6.07, 6.45) is 2.97. The zero-order valence-electron chi connectivity index (χ0n) is 23.1. The first-order valence-corrected chi connectivity index (χ1v) is 13.8. The van der Waals surface area contributed by atoms with E-state index in [-0.39, 0.29) is 36.3 Å². The van der Waals surface area contributed by atoms with Gasteiger partial charge in [0.05, 0.1) is 12.3 Å². The second-order valence-electron chi connectivity index (χ2n) is 10.7. The van der Waals surface area contributed by atoms with Crippen LogP contribution < -0.4 is 15.5 Å². The first-order valence-electron chi connectivity index (χ1n) is 13.8. The van der Waals surface area contributed by atoms with Crippen LogP contribution in [0.2, 0.25) is 0 Å². The molecule has 1 aromatic carbocycles. The number of amides is 3. The fraction of sp³-hybridized carbons (Fsp3) is 0.517. The van der Waals surface area contributed by atoms with Crippen molar-refractivity contribution in [2.45, 2.75) is 45.7 Å². The molecule has 0 aliphatic carbocycles. The summed E-state index contributed by atoms with van der Waals surface area (Å²) in [4.78, 5) is 48.9. The number of carbonyl (C=O) groups is 3. The Labute approximate surface area is 230 Å². The smallest absolute Gasteiger partial charge is 0.253 e. The largest absolute Gasteiger partial charge is 0.394 e. The third-order valence-electron chi connectivity index (χ3n) is 7.29. The highest BCUT2D eigenvalue weighted by Crippen LogP contribution is 2.25. The fourth-order valence-electron chi connectivity index (χ4n) is 5.07. The van der Waals surface area contributed by atoms with Gasteiger partial charge in [0.15, 0.2) is 5.82 Å². The van der Waals surface area contributed by atoms with Crippen LogP contribution in [0, 0.1) is 5.92 Å². The molecule has 0 unspecified atom stereocenters. The Morgan fingerprint density at radius 3 is 2.00 bits per heavy atom. The van der Waals surface area contributed by atoms with Gasteiger partial charge in [-0.3, -0.25) is 14.4 Å². The minimum atomic E-state index is -0.275. The van der Waals surface area contributed by atoms with Crippen LogP contribution in [-0.4, -0.2) is 95.6 Å². The summed E-state index contributed by atoms with van der Waals surface area (Å²) in [5.74, 6) is 0.551. The number of aromatic nitrogens is 1. The number of hydrogen-bond donors (Lipinski definition) is 3. The Bertz CT molecular complexity index is 1140. The van der Waals surface area contributed by atoms with Crippen molar-refractivity contribution < 1.29 is 19.5 Å². The molecule has 10 heteroatoms. The molecule has 3 amide bonds. The molecule has 3 N–H and O–H groups in total. The average molecular weight is 537 g/mol. The summed E-state index contributed by atoms with van der Waals surface area (Å²) in [5, 5.41) is 15.4. The minimum absolute atomic E-state index is 0.0425. The summed E-state index contributed by atoms with van der Waals surface area (Å²) < 4.78 is 0. The van der Waals surface area contributed by atoms with Gasteiger partial charge in [0.25, 0.3) is 11.8 Å². The van der Waals surface area contributed by atoms with Crippen molar-refractivity contribution in [2.75, 3.05) is 56.1 Å². The van der Waals surface area contributed by atoms with E-state index in [2.05, 4.69) is 34.4 Å². The van der Waals surface area contributed by atoms with Crippen molar-refractivity contribution in [3.05, 3.63) is 53.7 Å². The van der Waals surface area contributed by atoms with Gasteiger partial charge in [0.1, 0.15) is 0 Å². The molecule has 1 aromatic heterocycles. The lowest BCUT2D eigenvalue weighted by atomic mass is 9.95. The number of hydrogen-bond acceptors (Lipinski definition) is 7. The number of likely N-dealkylation sites (tertiary alicyclic amines) is 1. The Morgan fingerprint density at radius 2 is 1.46 bits per heavy atom. The van der Waals surface area contributed by atoms with E-state index in [1.165, 1.54) is 0 Å². The van der Waals surface area contributed by atoms with Gasteiger partial charge in [0, 0.05) is 74.6 Å². The molecular formula is C29H40N6O4. The standard InChI is InChI=1S/C29H40N6O4/c1-20(2)31-25-5-4-12-30-26(25)33-15-17-35(18-16-33)29(39)24-8-6-23(7-9-24)28(38)34-13-10-22(11-14-34)27(37)32-21(3)19-36/h4-9,12,20-22,31,36H,10-11,13-19H2,1-3H3,(H,32,37)/t21-/m1/s1. The number of aliphatic hydroxyl groups is 1. The van der Waals surface area contributed by atoms with E-state index in [0.717, 1.165) is 11.5 Å². The van der Waals surface area contributed by atoms with Crippen molar-refractivity contribution in [3.8, 4) is 0 Å². The molecule has 2 aromatic rings. The quantitative estimate of drug-likeness (QED) is 0.474. The van der Waals surface area contributed by atoms with Gasteiger partial charge in [-0.25, -0.2) is 4.98 Å². The van der Waals surface area contributed by atoms with Crippen LogP contribution in [0.15, 0.2) is 42.6 Å². The SMILES string of the molecule is CC(C)Nc1cccnc1N1CCN(C(=O)c2ccc(C(=O)N3CCC(C(=O)N[C@H](C)CO)CC3)cc2)CC1. The lowest BCUT2D eigenvalue weighted by molar-refractivity contribution is -0.127. The van der Waals surface area contributed by atoms with Crippen LogP contribution in [0.4, 0.5) is 11.5 Å². The highest BCUT2D eigenvalue weighted by atomic mass is 16.3. The Morgan fingerprint density at radius 1 is 0.897 bits per heavy atom. The zero-order valence-corrected chi connectivity index (χ0v) is 23.1. The molecule has 2 aliphatic heterocycles. The van der Waals surface area contributed by atoms with E-state index in [1.54, 1.807) is 42.3 Å². The molecule has 0 spiro atoms. The van der Waals surface area contributed by atoms with Gasteiger partial charge >= 0.3 is 0 Å². The Kier molecular flexibility index (Phi) is 9.40. The van der Waals surface area contributed by atoms with Crippen molar-refractivity contribution in [3.63, 3.8) is 0 Å². The van der Waals surface area contributed by atoms with Gasteiger partial charge in [-0.2, -0.15) is 0 Å². The third-order valence-corrected chi connectivity index (χ3v) is 7.29. The van der Waals surface area contributed by atoms with E-state index < -0.39 is 0 Å². The molecule has 2 saturated heterocycles. The zero-order chi connectivity index (χ0) is 27.9. The second-order valence-corrected chi connectivity index (χ2v) is 10.7. The van der Waals surface area contributed by atoms with Gasteiger partial charge in [-0.15, -0.1) is 0 Å². The lowest BCUT2D eigenvalue weighted by Crippen LogP contribution is -2.49. The highest BCUT2D eigenvalue weighted by molar-refractivity contribution is 5.98. The number of rotatable bonds is 8. The number of piperidine rings is 1. The second kappa shape index (κ2) is 12.9. The summed E-state index contributed by atoms with van der Waals surface area (Å²) in [6, 6.07) is 10.8. The van der Waals surface area contributed by atoms with Crippen molar-refractivity contribution in [1.29, 1.82) is 0 Å². The number of nitrogens with one attached hydrogen (secondary N) is 2. The maximum atomic E-state index is 13.2. The molecule has 1 atom stereocenters. The van der Waals surface area contributed by atoms with Crippen LogP contribution >= 0.6 is 0 Å². The fourth-order valence-corrected chi connectivity index (χ4v) is 5.07. The van der Waals surface area contributed by atoms with Crippen molar-refractivity contribution in [2.24, 2.45) is 5.92 Å². The predicted molar refractivity (Wildman–Crippen MR) is 151 cm³/mol. The normalized spacial score (nSPS) is 17.2. The number of pyridine rings is 1. The number of benzene rings is 1. The molecule has 0 radical (unpaired) electrons. The molecule has 4 rings (SSSR count). The van der Waals surface area contributed by atoms with Crippen molar-refractivity contribution in [1.82, 2.24) is 20.1 Å². The maximum Gasteiger partial charge on any atom is 0.253 e. The summed E-state index contributed by atoms with van der Waals surface area (Å²) in [7, 11) is 0. The van der Waals surface area contributed by atoms with E-state index in [4.69, 9.17) is 5.11 Å². The average Bonchev–Trinajstić information content (AvgIpc) is 2.96. The number of carbonyl (C=O) groups excluding carboxylic acids is 3. The number of piperazine rings is 1. The first-order chi connectivity index (χ1) is 18.8. The number of anilines is 2. The molecule has 3 heterocycles. The number of nitrogens with zero attached hydrogens (tertiary/aromatic N) is 4. The van der Waals surface area contributed by atoms with Gasteiger partial charge in [-0.1, -0.05) is 0 Å². The van der Waals surface area contributed by atoms with E-state index in [9.17, 15) is 14.4 Å². The molecule has 0 bridgehead atoms. The van der Waals surface area contributed by atoms with E-state index >= 15 is 0 Å². The monoisotopic (exact) mass is 536 g/mol. The van der Waals surface area contributed by atoms with Gasteiger partial charge < -0.3 is 30.4 Å². The topological polar surface area (TPSA) is 118 Å². The third kappa shape index (κ3) is 7.06. The van der Waals surface area contributed by atoms with Crippen molar-refractivity contribution >= 4 is 29.2 Å². The molecule has 0 saturated carbocycles. The van der Waals surface area contributed by atoms with Gasteiger partial charge in [-0.05, 0) is 70.0 Å². The van der Waals surface area contributed by atoms with E-state index in [1.807, 2.05) is 17.0 Å². The van der Waals surface area contributed by atoms with Crippen LogP contribution in [0.3, 0.4) is 0 Å². The van der Waals surface area contributed by atoms with Gasteiger partial charge in [0.2, 0.25) is 5.91 Å². The summed E-state index contributed by atoms with van der Waals surface area (Å²) in [5.41, 5.74) is 2.10. The van der Waals surface area contributed by atoms with Crippen LogP contribution in [0.25, 0.3) is 0 Å². The molecule has 10 nitrogen and oxygen atoms in total. The summed E-state index contributed by atoms with van der Waals surface area (Å²) >= 11 is 0. The van der Waals surface area contributed by atoms with Crippen LogP contribution in [0.1, 0.15) is 54.3 Å². The van der Waals surface area contributed by atoms with Crippen LogP contribution in [0.5, 0.6) is 0 Å². The predicted octanol–water partition coefficient (Wildman–Crippen LogP) is 2.21. The molecule has 2 aliphatic rings. The highest BCUT2D eigenvalue weighted by Gasteiger charge is 2.29. The molecule has 2 fully saturated rings. The summed E-state index contributed by atoms with van der Waals surface area (Å²) in [6.45, 7) is 9.42. The van der Waals surface area contributed by atoms with Crippen LogP contribution in [-0.2, 0) is 4.79 Å². The minimum Gasteiger partial charge on any atom is -0.394 e. The number of aliphatic hydroxyl groups excluding tert-OH is 1.